The summed E-state index contributed by atoms with van der Waals surface area (Å²) in [5, 5.41) is 0.827. The van der Waals surface area contributed by atoms with E-state index in [1.54, 1.807) is 0 Å². The van der Waals surface area contributed by atoms with Crippen LogP contribution in [-0.2, 0) is 9.53 Å². The summed E-state index contributed by atoms with van der Waals surface area (Å²) in [6.45, 7) is 2.20. The summed E-state index contributed by atoms with van der Waals surface area (Å²) in [7, 11) is 0. The van der Waals surface area contributed by atoms with Crippen LogP contribution in [-0.4, -0.2) is 46.7 Å². The number of nitrogens with zero attached hydrogens (tertiary/aromatic N) is 1. The molecule has 2 unspecified atom stereocenters. The minimum atomic E-state index is -0.449. The second-order valence-electron chi connectivity index (χ2n) is 4.28. The molecule has 0 aromatic heterocycles. The maximum absolute atomic E-state index is 12.1. The number of hydrogen-bond donors (Lipinski definition) is 0. The molecule has 0 N–H and O–H groups in total. The molecule has 1 aliphatic heterocycles. The number of alkyl halides is 2. The molecule has 1 aromatic carbocycles. The summed E-state index contributed by atoms with van der Waals surface area (Å²) >= 11 is 7.31. The van der Waals surface area contributed by atoms with E-state index in [1.165, 1.54) is 0 Å². The van der Waals surface area contributed by atoms with Crippen molar-refractivity contribution in [3.63, 3.8) is 0 Å². The van der Waals surface area contributed by atoms with Gasteiger partial charge in [0.2, 0.25) is 0 Å². The van der Waals surface area contributed by atoms with Crippen molar-refractivity contribution in [1.82, 2.24) is 0 Å². The second kappa shape index (κ2) is 7.21. The van der Waals surface area contributed by atoms with Gasteiger partial charge >= 0.3 is 142 Å². The van der Waals surface area contributed by atoms with E-state index in [2.05, 4.69) is 36.9 Å². The Bertz CT molecular complexity index is 509. The van der Waals surface area contributed by atoms with Crippen molar-refractivity contribution >= 4 is 57.4 Å². The summed E-state index contributed by atoms with van der Waals surface area (Å²) in [5.74, 6) is -0.238. The standard InChI is InChI=1S/C14H15Br2NO2Se/c1-2-19-13(18)11-14(16,8-9-15)20-12(17-11)10-6-4-3-5-7-10/h3-7,11H,2,8-9H2,1H3. The molecule has 1 aromatic rings. The molecular formula is C14H15Br2NO2Se. The van der Waals surface area contributed by atoms with Crippen LogP contribution in [0.2, 0.25) is 0 Å². The first-order valence-electron chi connectivity index (χ1n) is 6.34. The second-order valence-corrected chi connectivity index (χ2v) is 10.4. The summed E-state index contributed by atoms with van der Waals surface area (Å²) in [6.07, 6.45) is 0.844. The Morgan fingerprint density at radius 3 is 2.75 bits per heavy atom. The third kappa shape index (κ3) is 3.53. The van der Waals surface area contributed by atoms with Crippen LogP contribution < -0.4 is 0 Å². The first-order valence-corrected chi connectivity index (χ1v) is 9.97. The molecule has 0 saturated heterocycles. The molecule has 1 heterocycles. The van der Waals surface area contributed by atoms with Crippen LogP contribution in [0.3, 0.4) is 0 Å². The number of carbonyl (C=O) groups is 1. The molecule has 1 aliphatic rings. The molecule has 2 rings (SSSR count). The van der Waals surface area contributed by atoms with Gasteiger partial charge in [0.05, 0.1) is 0 Å². The van der Waals surface area contributed by atoms with Crippen LogP contribution in [0.5, 0.6) is 0 Å². The fourth-order valence-corrected chi connectivity index (χ4v) is 7.48. The van der Waals surface area contributed by atoms with Crippen LogP contribution in [0.25, 0.3) is 0 Å². The Balaban J connectivity index is 2.29. The van der Waals surface area contributed by atoms with Crippen molar-refractivity contribution in [2.75, 3.05) is 11.9 Å². The fraction of sp³-hybridized carbons (Fsp3) is 0.429. The number of aliphatic imine (C=N–C) groups is 1. The summed E-state index contributed by atoms with van der Waals surface area (Å²) < 4.78 is 5.90. The molecule has 0 bridgehead atoms. The Hall–Kier alpha value is -0.161. The van der Waals surface area contributed by atoms with Crippen molar-refractivity contribution in [2.45, 2.75) is 22.6 Å². The third-order valence-corrected chi connectivity index (χ3v) is 7.68. The third-order valence-electron chi connectivity index (χ3n) is 2.89. The van der Waals surface area contributed by atoms with Crippen LogP contribution >= 0.6 is 31.9 Å². The number of hydrogen-bond acceptors (Lipinski definition) is 3. The minimum absolute atomic E-state index is 0.0829. The van der Waals surface area contributed by atoms with Gasteiger partial charge in [-0.05, 0) is 0 Å². The van der Waals surface area contributed by atoms with Gasteiger partial charge < -0.3 is 0 Å². The van der Waals surface area contributed by atoms with Gasteiger partial charge in [-0.1, -0.05) is 0 Å². The van der Waals surface area contributed by atoms with Crippen molar-refractivity contribution in [1.29, 1.82) is 0 Å². The normalized spacial score (nSPS) is 25.4. The van der Waals surface area contributed by atoms with Gasteiger partial charge in [-0.3, -0.25) is 0 Å². The molecule has 0 saturated carbocycles. The Kier molecular flexibility index (Phi) is 5.84. The Morgan fingerprint density at radius 1 is 1.45 bits per heavy atom. The predicted octanol–water partition coefficient (Wildman–Crippen LogP) is 2.96. The Morgan fingerprint density at radius 2 is 2.15 bits per heavy atom. The van der Waals surface area contributed by atoms with Gasteiger partial charge in [0, 0.05) is 0 Å². The zero-order valence-corrected chi connectivity index (χ0v) is 15.9. The molecule has 0 aliphatic carbocycles. The van der Waals surface area contributed by atoms with E-state index in [-0.39, 0.29) is 24.1 Å². The van der Waals surface area contributed by atoms with Crippen molar-refractivity contribution in [2.24, 2.45) is 4.99 Å². The zero-order valence-electron chi connectivity index (χ0n) is 11.0. The van der Waals surface area contributed by atoms with E-state index in [0.717, 1.165) is 21.9 Å². The van der Waals surface area contributed by atoms with E-state index in [9.17, 15) is 4.79 Å². The average Bonchev–Trinajstić information content (AvgIpc) is 2.78. The van der Waals surface area contributed by atoms with Gasteiger partial charge in [0.1, 0.15) is 0 Å². The van der Waals surface area contributed by atoms with E-state index >= 15 is 0 Å². The summed E-state index contributed by atoms with van der Waals surface area (Å²) in [5.41, 5.74) is 1.10. The first-order chi connectivity index (χ1) is 9.60. The fourth-order valence-electron chi connectivity index (χ4n) is 1.94. The molecule has 0 radical (unpaired) electrons. The molecule has 108 valence electrons. The van der Waals surface area contributed by atoms with Crippen LogP contribution in [0, 0.1) is 0 Å². The molecule has 2 atom stereocenters. The SMILES string of the molecule is CCOC(=O)C1N=C(c2ccccc2)[Se]C1(Br)CCBr. The number of rotatable bonds is 5. The van der Waals surface area contributed by atoms with Gasteiger partial charge in [0.25, 0.3) is 0 Å². The van der Waals surface area contributed by atoms with Gasteiger partial charge in [-0.25, -0.2) is 0 Å². The molecule has 20 heavy (non-hydrogen) atoms. The molecule has 3 nitrogen and oxygen atoms in total. The number of halogens is 2. The summed E-state index contributed by atoms with van der Waals surface area (Å²) in [6, 6.07) is 9.59. The van der Waals surface area contributed by atoms with Crippen LogP contribution in [0.15, 0.2) is 35.3 Å². The predicted molar refractivity (Wildman–Crippen MR) is 89.2 cm³/mol. The van der Waals surface area contributed by atoms with Gasteiger partial charge in [0.15, 0.2) is 0 Å². The van der Waals surface area contributed by atoms with E-state index in [0.29, 0.717) is 6.61 Å². The van der Waals surface area contributed by atoms with Crippen molar-refractivity contribution in [3.8, 4) is 0 Å². The quantitative estimate of drug-likeness (QED) is 0.379. The zero-order chi connectivity index (χ0) is 14.6. The van der Waals surface area contributed by atoms with E-state index in [4.69, 9.17) is 4.74 Å². The maximum atomic E-state index is 12.1. The van der Waals surface area contributed by atoms with Gasteiger partial charge in [-0.15, -0.1) is 0 Å². The number of ether oxygens (including phenoxy) is 1. The first kappa shape index (κ1) is 16.2. The average molecular weight is 468 g/mol. The van der Waals surface area contributed by atoms with E-state index < -0.39 is 6.04 Å². The molecular weight excluding hydrogens is 453 g/mol. The van der Waals surface area contributed by atoms with Crippen LogP contribution in [0.4, 0.5) is 0 Å². The number of benzene rings is 1. The molecule has 0 amide bonds. The number of carbonyl (C=O) groups excluding carboxylic acids is 1. The monoisotopic (exact) mass is 467 g/mol. The summed E-state index contributed by atoms with van der Waals surface area (Å²) in [4.78, 5) is 16.8. The van der Waals surface area contributed by atoms with Crippen LogP contribution in [0.1, 0.15) is 18.9 Å². The van der Waals surface area contributed by atoms with Gasteiger partial charge in [-0.2, -0.15) is 0 Å². The van der Waals surface area contributed by atoms with E-state index in [1.807, 2.05) is 37.3 Å². The molecule has 0 fully saturated rings. The molecule has 6 heteroatoms. The van der Waals surface area contributed by atoms with Crippen molar-refractivity contribution < 1.29 is 9.53 Å². The number of esters is 1. The topological polar surface area (TPSA) is 38.7 Å². The molecule has 0 spiro atoms. The van der Waals surface area contributed by atoms with Crippen molar-refractivity contribution in [3.05, 3.63) is 35.9 Å². The Labute approximate surface area is 142 Å².